The van der Waals surface area contributed by atoms with E-state index in [0.29, 0.717) is 10.0 Å². The largest absolute Gasteiger partial charge is 0.480 e. The highest BCUT2D eigenvalue weighted by atomic mass is 79.9. The lowest BCUT2D eigenvalue weighted by molar-refractivity contribution is 0.00578. The molecule has 1 aliphatic rings. The first-order chi connectivity index (χ1) is 8.62. The summed E-state index contributed by atoms with van der Waals surface area (Å²) in [6, 6.07) is 4.57. The van der Waals surface area contributed by atoms with Gasteiger partial charge in [0.1, 0.15) is 5.82 Å². The molecular weight excluding hydrogens is 312 g/mol. The summed E-state index contributed by atoms with van der Waals surface area (Å²) in [7, 11) is -0.585. The summed E-state index contributed by atoms with van der Waals surface area (Å²) in [5, 5.41) is 0. The fourth-order valence-corrected chi connectivity index (χ4v) is 2.44. The molecule has 0 saturated carbocycles. The lowest BCUT2D eigenvalue weighted by atomic mass is 9.75. The van der Waals surface area contributed by atoms with E-state index in [4.69, 9.17) is 15.0 Å². The van der Waals surface area contributed by atoms with Crippen molar-refractivity contribution in [1.29, 1.82) is 0 Å². The van der Waals surface area contributed by atoms with Gasteiger partial charge in [0.05, 0.1) is 17.1 Å². The predicted octanol–water partition coefficient (Wildman–Crippen LogP) is 3.22. The Labute approximate surface area is 121 Å². The standard InChI is InChI=1S/C13H18BBrFNO2/c1-12(2)13(3,4)19-14(18-12)11(17)8-5-9(15)7-10(16)6-8/h5-7,11H,17H2,1-4H3/t11-/m0/s1. The Morgan fingerprint density at radius 3 is 2.16 bits per heavy atom. The van der Waals surface area contributed by atoms with E-state index in [1.807, 2.05) is 27.7 Å². The van der Waals surface area contributed by atoms with E-state index in [0.717, 1.165) is 0 Å². The third-order valence-electron chi connectivity index (χ3n) is 3.83. The monoisotopic (exact) mass is 329 g/mol. The van der Waals surface area contributed by atoms with Crippen molar-refractivity contribution >= 4 is 23.0 Å². The Hall–Kier alpha value is -0.425. The van der Waals surface area contributed by atoms with Gasteiger partial charge in [0, 0.05) is 4.47 Å². The second kappa shape index (κ2) is 4.84. The van der Waals surface area contributed by atoms with Crippen LogP contribution in [-0.4, -0.2) is 18.3 Å². The minimum absolute atomic E-state index is 0.337. The van der Waals surface area contributed by atoms with Crippen molar-refractivity contribution in [1.82, 2.24) is 0 Å². The summed E-state index contributed by atoms with van der Waals surface area (Å²) in [4.78, 5) is 0. The first-order valence-electron chi connectivity index (χ1n) is 6.20. The molecule has 1 aliphatic heterocycles. The third-order valence-corrected chi connectivity index (χ3v) is 4.29. The molecule has 1 fully saturated rings. The van der Waals surface area contributed by atoms with Crippen molar-refractivity contribution in [2.75, 3.05) is 0 Å². The molecule has 0 spiro atoms. The first-order valence-corrected chi connectivity index (χ1v) is 6.99. The second-order valence-electron chi connectivity index (χ2n) is 5.85. The topological polar surface area (TPSA) is 44.5 Å². The van der Waals surface area contributed by atoms with Crippen LogP contribution in [0.3, 0.4) is 0 Å². The molecular formula is C13H18BBrFNO2. The summed E-state index contributed by atoms with van der Waals surface area (Å²) in [5.41, 5.74) is 5.90. The molecule has 0 amide bonds. The van der Waals surface area contributed by atoms with Crippen molar-refractivity contribution < 1.29 is 13.7 Å². The summed E-state index contributed by atoms with van der Waals surface area (Å²) < 4.78 is 25.8. The molecule has 1 aromatic rings. The zero-order valence-electron chi connectivity index (χ0n) is 11.5. The Morgan fingerprint density at radius 1 is 1.16 bits per heavy atom. The number of halogens is 2. The molecule has 0 radical (unpaired) electrons. The number of hydrogen-bond donors (Lipinski definition) is 1. The van der Waals surface area contributed by atoms with Gasteiger partial charge in [0.15, 0.2) is 0 Å². The summed E-state index contributed by atoms with van der Waals surface area (Å²) in [6.45, 7) is 7.84. The van der Waals surface area contributed by atoms with Crippen LogP contribution in [0, 0.1) is 5.82 Å². The molecule has 0 aliphatic carbocycles. The van der Waals surface area contributed by atoms with Crippen molar-refractivity contribution in [3.8, 4) is 0 Å². The van der Waals surface area contributed by atoms with Crippen LogP contribution in [0.15, 0.2) is 22.7 Å². The van der Waals surface area contributed by atoms with E-state index in [1.54, 1.807) is 6.07 Å². The highest BCUT2D eigenvalue weighted by Gasteiger charge is 2.53. The fraction of sp³-hybridized carbons (Fsp3) is 0.538. The van der Waals surface area contributed by atoms with Gasteiger partial charge < -0.3 is 15.0 Å². The molecule has 1 aromatic carbocycles. The lowest BCUT2D eigenvalue weighted by Gasteiger charge is -2.32. The van der Waals surface area contributed by atoms with Gasteiger partial charge in [0.25, 0.3) is 0 Å². The molecule has 104 valence electrons. The van der Waals surface area contributed by atoms with E-state index in [-0.39, 0.29) is 5.82 Å². The van der Waals surface area contributed by atoms with E-state index < -0.39 is 24.3 Å². The van der Waals surface area contributed by atoms with Crippen molar-refractivity contribution in [3.63, 3.8) is 0 Å². The van der Waals surface area contributed by atoms with Gasteiger partial charge in [-0.2, -0.15) is 0 Å². The van der Waals surface area contributed by atoms with Crippen LogP contribution in [0.1, 0.15) is 39.2 Å². The van der Waals surface area contributed by atoms with Gasteiger partial charge in [-0.15, -0.1) is 0 Å². The van der Waals surface area contributed by atoms with Crippen LogP contribution < -0.4 is 5.73 Å². The minimum atomic E-state index is -0.585. The Kier molecular flexibility index (Phi) is 3.82. The molecule has 0 unspecified atom stereocenters. The van der Waals surface area contributed by atoms with Crippen LogP contribution in [0.25, 0.3) is 0 Å². The quantitative estimate of drug-likeness (QED) is 0.847. The third kappa shape index (κ3) is 2.87. The number of benzene rings is 1. The van der Waals surface area contributed by atoms with E-state index >= 15 is 0 Å². The number of hydrogen-bond acceptors (Lipinski definition) is 3. The molecule has 19 heavy (non-hydrogen) atoms. The Morgan fingerprint density at radius 2 is 1.68 bits per heavy atom. The van der Waals surface area contributed by atoms with Crippen LogP contribution in [0.4, 0.5) is 4.39 Å². The van der Waals surface area contributed by atoms with Crippen molar-refractivity contribution in [2.45, 2.75) is 44.8 Å². The molecule has 6 heteroatoms. The van der Waals surface area contributed by atoms with Gasteiger partial charge in [-0.3, -0.25) is 0 Å². The van der Waals surface area contributed by atoms with E-state index in [9.17, 15) is 4.39 Å². The van der Waals surface area contributed by atoms with Gasteiger partial charge in [0.2, 0.25) is 0 Å². The zero-order chi connectivity index (χ0) is 14.4. The van der Waals surface area contributed by atoms with Crippen LogP contribution in [0.2, 0.25) is 0 Å². The molecule has 0 aromatic heterocycles. The average molecular weight is 330 g/mol. The summed E-state index contributed by atoms with van der Waals surface area (Å²) in [5.74, 6) is -0.871. The normalized spacial score (nSPS) is 22.6. The SMILES string of the molecule is CC1(C)OB([C@@H](N)c2cc(F)cc(Br)c2)OC1(C)C. The summed E-state index contributed by atoms with van der Waals surface area (Å²) >= 11 is 3.26. The molecule has 1 saturated heterocycles. The van der Waals surface area contributed by atoms with Gasteiger partial charge >= 0.3 is 7.12 Å². The maximum atomic E-state index is 13.4. The number of nitrogens with two attached hydrogens (primary N) is 1. The maximum absolute atomic E-state index is 13.4. The molecule has 1 atom stereocenters. The minimum Gasteiger partial charge on any atom is -0.402 e. The Balaban J connectivity index is 2.24. The molecule has 2 N–H and O–H groups in total. The lowest BCUT2D eigenvalue weighted by Crippen LogP contribution is -2.41. The van der Waals surface area contributed by atoms with Crippen LogP contribution in [0.5, 0.6) is 0 Å². The zero-order valence-corrected chi connectivity index (χ0v) is 13.1. The molecule has 3 nitrogen and oxygen atoms in total. The highest BCUT2D eigenvalue weighted by molar-refractivity contribution is 9.10. The smallest absolute Gasteiger partial charge is 0.402 e. The van der Waals surface area contributed by atoms with Crippen molar-refractivity contribution in [3.05, 3.63) is 34.1 Å². The Bertz CT molecular complexity index is 459. The van der Waals surface area contributed by atoms with E-state index in [2.05, 4.69) is 15.9 Å². The van der Waals surface area contributed by atoms with E-state index in [1.165, 1.54) is 12.1 Å². The summed E-state index contributed by atoms with van der Waals surface area (Å²) in [6.07, 6.45) is 0. The highest BCUT2D eigenvalue weighted by Crippen LogP contribution is 2.39. The fourth-order valence-electron chi connectivity index (χ4n) is 1.96. The van der Waals surface area contributed by atoms with Crippen LogP contribution >= 0.6 is 15.9 Å². The van der Waals surface area contributed by atoms with Gasteiger partial charge in [-0.1, -0.05) is 15.9 Å². The predicted molar refractivity (Wildman–Crippen MR) is 77.1 cm³/mol. The maximum Gasteiger partial charge on any atom is 0.480 e. The average Bonchev–Trinajstić information content (AvgIpc) is 2.45. The number of rotatable bonds is 2. The molecule has 1 heterocycles. The van der Waals surface area contributed by atoms with Gasteiger partial charge in [-0.25, -0.2) is 4.39 Å². The van der Waals surface area contributed by atoms with Crippen LogP contribution in [-0.2, 0) is 9.31 Å². The molecule has 0 bridgehead atoms. The second-order valence-corrected chi connectivity index (χ2v) is 6.77. The van der Waals surface area contributed by atoms with Crippen molar-refractivity contribution in [2.24, 2.45) is 5.73 Å². The first kappa shape index (κ1) is 15.0. The van der Waals surface area contributed by atoms with Gasteiger partial charge in [-0.05, 0) is 51.5 Å². The molecule has 2 rings (SSSR count).